The zero-order valence-electron chi connectivity index (χ0n) is 15.8. The average Bonchev–Trinajstić information content (AvgIpc) is 2.62. The summed E-state index contributed by atoms with van der Waals surface area (Å²) in [6.45, 7) is 6.61. The van der Waals surface area contributed by atoms with Gasteiger partial charge in [-0.15, -0.1) is 0 Å². The summed E-state index contributed by atoms with van der Waals surface area (Å²) in [4.78, 5) is 12.5. The molecule has 0 aliphatic heterocycles. The maximum atomic E-state index is 13.6. The molecule has 1 N–H and O–H groups in total. The SMILES string of the molecule is COc1cc(C)c(C(=O)NCCSCc2ccccc2F)cc1C(C)C. The summed E-state index contributed by atoms with van der Waals surface area (Å²) in [6.07, 6.45) is 0. The zero-order valence-corrected chi connectivity index (χ0v) is 16.6. The number of amides is 1. The normalized spacial score (nSPS) is 10.8. The number of methoxy groups -OCH3 is 1. The fraction of sp³-hybridized carbons (Fsp3) is 0.381. The Morgan fingerprint density at radius 1 is 1.27 bits per heavy atom. The number of halogens is 1. The van der Waals surface area contributed by atoms with Crippen molar-refractivity contribution in [2.75, 3.05) is 19.4 Å². The highest BCUT2D eigenvalue weighted by atomic mass is 32.2. The predicted molar refractivity (Wildman–Crippen MR) is 107 cm³/mol. The minimum atomic E-state index is -0.181. The van der Waals surface area contributed by atoms with Crippen LogP contribution >= 0.6 is 11.8 Å². The lowest BCUT2D eigenvalue weighted by Gasteiger charge is -2.16. The van der Waals surface area contributed by atoms with Crippen LogP contribution in [0.3, 0.4) is 0 Å². The van der Waals surface area contributed by atoms with Gasteiger partial charge in [0.05, 0.1) is 7.11 Å². The molecule has 0 atom stereocenters. The highest BCUT2D eigenvalue weighted by molar-refractivity contribution is 7.98. The number of aryl methyl sites for hydroxylation is 1. The topological polar surface area (TPSA) is 38.3 Å². The molecule has 0 unspecified atom stereocenters. The number of ether oxygens (including phenoxy) is 1. The summed E-state index contributed by atoms with van der Waals surface area (Å²) in [7, 11) is 1.65. The van der Waals surface area contributed by atoms with Crippen LogP contribution in [0.4, 0.5) is 4.39 Å². The first-order valence-corrected chi connectivity index (χ1v) is 9.87. The average molecular weight is 376 g/mol. The Bertz CT molecular complexity index is 762. The molecule has 1 amide bonds. The number of nitrogens with one attached hydrogen (secondary N) is 1. The van der Waals surface area contributed by atoms with Crippen molar-refractivity contribution in [3.05, 3.63) is 64.5 Å². The lowest BCUT2D eigenvalue weighted by molar-refractivity contribution is 0.0955. The second-order valence-corrected chi connectivity index (χ2v) is 7.57. The fourth-order valence-corrected chi connectivity index (χ4v) is 3.55. The Labute approximate surface area is 159 Å². The van der Waals surface area contributed by atoms with Gasteiger partial charge in [-0.1, -0.05) is 32.0 Å². The standard InChI is InChI=1S/C21H26FNO2S/c1-14(2)17-12-18(15(3)11-20(17)25-4)21(24)23-9-10-26-13-16-7-5-6-8-19(16)22/h5-8,11-12,14H,9-10,13H2,1-4H3,(H,23,24). The lowest BCUT2D eigenvalue weighted by Crippen LogP contribution is -2.26. The molecule has 0 saturated carbocycles. The van der Waals surface area contributed by atoms with Gasteiger partial charge in [0, 0.05) is 23.6 Å². The third-order valence-electron chi connectivity index (χ3n) is 4.19. The van der Waals surface area contributed by atoms with Crippen LogP contribution in [0.1, 0.15) is 46.8 Å². The molecular weight excluding hydrogens is 349 g/mol. The van der Waals surface area contributed by atoms with Gasteiger partial charge in [-0.25, -0.2) is 4.39 Å². The van der Waals surface area contributed by atoms with E-state index >= 15 is 0 Å². The van der Waals surface area contributed by atoms with Crippen molar-refractivity contribution < 1.29 is 13.9 Å². The molecule has 0 bridgehead atoms. The van der Waals surface area contributed by atoms with Gasteiger partial charge in [-0.2, -0.15) is 11.8 Å². The molecule has 3 nitrogen and oxygen atoms in total. The molecule has 26 heavy (non-hydrogen) atoms. The number of hydrogen-bond donors (Lipinski definition) is 1. The minimum Gasteiger partial charge on any atom is -0.496 e. The summed E-state index contributed by atoms with van der Waals surface area (Å²) in [5.74, 6) is 2.15. The van der Waals surface area contributed by atoms with Crippen LogP contribution in [0.25, 0.3) is 0 Å². The molecule has 5 heteroatoms. The quantitative estimate of drug-likeness (QED) is 0.665. The molecule has 0 fully saturated rings. The second-order valence-electron chi connectivity index (χ2n) is 6.46. The number of thioether (sulfide) groups is 1. The van der Waals surface area contributed by atoms with Gasteiger partial charge in [-0.05, 0) is 47.7 Å². The molecule has 0 spiro atoms. The highest BCUT2D eigenvalue weighted by Crippen LogP contribution is 2.29. The molecule has 2 rings (SSSR count). The van der Waals surface area contributed by atoms with Gasteiger partial charge >= 0.3 is 0 Å². The van der Waals surface area contributed by atoms with E-state index in [1.165, 1.54) is 6.07 Å². The Hall–Kier alpha value is -2.01. The summed E-state index contributed by atoms with van der Waals surface area (Å²) < 4.78 is 19.0. The molecule has 2 aromatic carbocycles. The summed E-state index contributed by atoms with van der Waals surface area (Å²) in [6, 6.07) is 10.6. The van der Waals surface area contributed by atoms with Crippen molar-refractivity contribution in [2.24, 2.45) is 0 Å². The molecule has 0 heterocycles. The first-order valence-electron chi connectivity index (χ1n) is 8.72. The summed E-state index contributed by atoms with van der Waals surface area (Å²) in [5, 5.41) is 2.95. The van der Waals surface area contributed by atoms with Crippen LogP contribution in [-0.4, -0.2) is 25.3 Å². The molecular formula is C21H26FNO2S. The van der Waals surface area contributed by atoms with Crippen LogP contribution in [0.15, 0.2) is 36.4 Å². The van der Waals surface area contributed by atoms with Gasteiger partial charge < -0.3 is 10.1 Å². The smallest absolute Gasteiger partial charge is 0.251 e. The molecule has 2 aromatic rings. The van der Waals surface area contributed by atoms with E-state index in [0.29, 0.717) is 23.4 Å². The monoisotopic (exact) mass is 375 g/mol. The maximum Gasteiger partial charge on any atom is 0.251 e. The second kappa shape index (κ2) is 9.62. The van der Waals surface area contributed by atoms with Crippen molar-refractivity contribution >= 4 is 17.7 Å². The van der Waals surface area contributed by atoms with E-state index in [-0.39, 0.29) is 17.6 Å². The van der Waals surface area contributed by atoms with Gasteiger partial charge in [-0.3, -0.25) is 4.79 Å². The number of benzene rings is 2. The van der Waals surface area contributed by atoms with Crippen LogP contribution in [-0.2, 0) is 5.75 Å². The van der Waals surface area contributed by atoms with Gasteiger partial charge in [0.1, 0.15) is 11.6 Å². The van der Waals surface area contributed by atoms with Crippen LogP contribution in [0, 0.1) is 12.7 Å². The van der Waals surface area contributed by atoms with E-state index in [4.69, 9.17) is 4.74 Å². The molecule has 0 aliphatic rings. The number of carbonyl (C=O) groups is 1. The maximum absolute atomic E-state index is 13.6. The molecule has 0 aliphatic carbocycles. The third-order valence-corrected chi connectivity index (χ3v) is 5.20. The Morgan fingerprint density at radius 2 is 2.00 bits per heavy atom. The van der Waals surface area contributed by atoms with Crippen molar-refractivity contribution in [2.45, 2.75) is 32.4 Å². The van der Waals surface area contributed by atoms with Crippen molar-refractivity contribution in [1.82, 2.24) is 5.32 Å². The van der Waals surface area contributed by atoms with Gasteiger partial charge in [0.25, 0.3) is 5.91 Å². The van der Waals surface area contributed by atoms with E-state index in [2.05, 4.69) is 19.2 Å². The lowest BCUT2D eigenvalue weighted by atomic mass is 9.96. The molecule has 140 valence electrons. The van der Waals surface area contributed by atoms with Crippen LogP contribution in [0.5, 0.6) is 5.75 Å². The van der Waals surface area contributed by atoms with E-state index in [0.717, 1.165) is 22.6 Å². The Balaban J connectivity index is 1.90. The Kier molecular flexibility index (Phi) is 7.51. The van der Waals surface area contributed by atoms with Crippen molar-refractivity contribution in [3.63, 3.8) is 0 Å². The fourth-order valence-electron chi connectivity index (χ4n) is 2.70. The van der Waals surface area contributed by atoms with Crippen molar-refractivity contribution in [3.8, 4) is 5.75 Å². The van der Waals surface area contributed by atoms with E-state index in [1.807, 2.05) is 25.1 Å². The number of rotatable bonds is 8. The van der Waals surface area contributed by atoms with E-state index in [9.17, 15) is 9.18 Å². The number of hydrogen-bond acceptors (Lipinski definition) is 3. The predicted octanol–water partition coefficient (Wildman–Crippen LogP) is 4.93. The van der Waals surface area contributed by atoms with E-state index in [1.54, 1.807) is 31.0 Å². The Morgan fingerprint density at radius 3 is 2.65 bits per heavy atom. The molecule has 0 radical (unpaired) electrons. The third kappa shape index (κ3) is 5.24. The molecule has 0 aromatic heterocycles. The van der Waals surface area contributed by atoms with Crippen LogP contribution in [0.2, 0.25) is 0 Å². The zero-order chi connectivity index (χ0) is 19.1. The summed E-state index contributed by atoms with van der Waals surface area (Å²) in [5.41, 5.74) is 3.28. The number of carbonyl (C=O) groups excluding carboxylic acids is 1. The van der Waals surface area contributed by atoms with Gasteiger partial charge in [0.15, 0.2) is 0 Å². The van der Waals surface area contributed by atoms with Crippen molar-refractivity contribution in [1.29, 1.82) is 0 Å². The van der Waals surface area contributed by atoms with Crippen LogP contribution < -0.4 is 10.1 Å². The largest absolute Gasteiger partial charge is 0.496 e. The molecule has 0 saturated heterocycles. The van der Waals surface area contributed by atoms with E-state index < -0.39 is 0 Å². The first-order chi connectivity index (χ1) is 12.4. The minimum absolute atomic E-state index is 0.0847. The first kappa shape index (κ1) is 20.3. The van der Waals surface area contributed by atoms with Gasteiger partial charge in [0.2, 0.25) is 0 Å². The highest BCUT2D eigenvalue weighted by Gasteiger charge is 2.15. The summed E-state index contributed by atoms with van der Waals surface area (Å²) >= 11 is 1.60.